The van der Waals surface area contributed by atoms with Crippen LogP contribution in [0.5, 0.6) is 0 Å². The van der Waals surface area contributed by atoms with E-state index in [2.05, 4.69) is 0 Å². The van der Waals surface area contributed by atoms with Gasteiger partial charge in [-0.05, 0) is 23.1 Å². The smallest absolute Gasteiger partial charge is 0.235 e. The van der Waals surface area contributed by atoms with Gasteiger partial charge >= 0.3 is 0 Å². The number of benzene rings is 3. The first-order chi connectivity index (χ1) is 14.5. The molecule has 1 fully saturated rings. The quantitative estimate of drug-likeness (QED) is 0.606. The summed E-state index contributed by atoms with van der Waals surface area (Å²) in [7, 11) is -3.12. The van der Waals surface area contributed by atoms with Crippen LogP contribution in [0.3, 0.4) is 0 Å². The Morgan fingerprint density at radius 1 is 0.833 bits per heavy atom. The van der Waals surface area contributed by atoms with E-state index in [9.17, 15) is 13.2 Å². The zero-order chi connectivity index (χ0) is 21.0. The molecule has 154 valence electrons. The predicted octanol–water partition coefficient (Wildman–Crippen LogP) is 4.03. The van der Waals surface area contributed by atoms with Gasteiger partial charge in [0.15, 0.2) is 9.84 Å². The highest BCUT2D eigenvalue weighted by Gasteiger charge is 2.37. The van der Waals surface area contributed by atoms with Crippen molar-refractivity contribution >= 4 is 15.7 Å². The van der Waals surface area contributed by atoms with Crippen LogP contribution < -0.4 is 0 Å². The van der Waals surface area contributed by atoms with Crippen LogP contribution >= 0.6 is 0 Å². The molecule has 3 aromatic carbocycles. The SMILES string of the molecule is O=C(C(c1ccccc1)c1ccccc1)N(Cc1ccccc1)C1CCS(=O)(=O)C1. The molecule has 0 spiro atoms. The molecule has 0 saturated carbocycles. The van der Waals surface area contributed by atoms with E-state index in [1.807, 2.05) is 91.0 Å². The van der Waals surface area contributed by atoms with E-state index >= 15 is 0 Å². The van der Waals surface area contributed by atoms with Crippen molar-refractivity contribution in [2.45, 2.75) is 24.9 Å². The van der Waals surface area contributed by atoms with Crippen LogP contribution in [-0.4, -0.2) is 36.8 Å². The standard InChI is InChI=1S/C25H25NO3S/c27-25(24(21-12-6-2-7-13-21)22-14-8-3-9-15-22)26(18-20-10-4-1-5-11-20)23-16-17-30(28,29)19-23/h1-15,23-24H,16-19H2. The number of rotatable bonds is 6. The molecule has 1 amide bonds. The van der Waals surface area contributed by atoms with Gasteiger partial charge in [-0.1, -0.05) is 91.0 Å². The maximum absolute atomic E-state index is 14.0. The van der Waals surface area contributed by atoms with Crippen molar-refractivity contribution in [2.24, 2.45) is 0 Å². The van der Waals surface area contributed by atoms with Crippen LogP contribution in [0, 0.1) is 0 Å². The number of sulfone groups is 1. The average molecular weight is 420 g/mol. The largest absolute Gasteiger partial charge is 0.334 e. The molecule has 1 atom stereocenters. The molecule has 0 aliphatic carbocycles. The highest BCUT2D eigenvalue weighted by atomic mass is 32.2. The fraction of sp³-hybridized carbons (Fsp3) is 0.240. The summed E-state index contributed by atoms with van der Waals surface area (Å²) in [5.41, 5.74) is 2.82. The van der Waals surface area contributed by atoms with Crippen molar-refractivity contribution < 1.29 is 13.2 Å². The minimum atomic E-state index is -3.12. The van der Waals surface area contributed by atoms with Crippen molar-refractivity contribution in [1.82, 2.24) is 4.90 Å². The second-order valence-corrected chi connectivity index (χ2v) is 9.99. The Hall–Kier alpha value is -2.92. The van der Waals surface area contributed by atoms with Crippen molar-refractivity contribution in [3.63, 3.8) is 0 Å². The lowest BCUT2D eigenvalue weighted by atomic mass is 9.89. The molecular formula is C25H25NO3S. The van der Waals surface area contributed by atoms with E-state index in [1.54, 1.807) is 4.90 Å². The summed E-state index contributed by atoms with van der Waals surface area (Å²) >= 11 is 0. The molecule has 1 saturated heterocycles. The van der Waals surface area contributed by atoms with Crippen LogP contribution in [0.1, 0.15) is 29.0 Å². The fourth-order valence-electron chi connectivity index (χ4n) is 4.12. The van der Waals surface area contributed by atoms with Gasteiger partial charge in [0.2, 0.25) is 5.91 Å². The highest BCUT2D eigenvalue weighted by molar-refractivity contribution is 7.91. The molecule has 4 rings (SSSR count). The third-order valence-corrected chi connectivity index (χ3v) is 7.39. The molecule has 30 heavy (non-hydrogen) atoms. The van der Waals surface area contributed by atoms with Gasteiger partial charge in [-0.2, -0.15) is 0 Å². The van der Waals surface area contributed by atoms with Gasteiger partial charge in [0.25, 0.3) is 0 Å². The van der Waals surface area contributed by atoms with Gasteiger partial charge in [-0.25, -0.2) is 8.42 Å². The van der Waals surface area contributed by atoms with Crippen LogP contribution in [0.4, 0.5) is 0 Å². The highest BCUT2D eigenvalue weighted by Crippen LogP contribution is 2.30. The van der Waals surface area contributed by atoms with Gasteiger partial charge < -0.3 is 4.90 Å². The molecule has 5 heteroatoms. The number of hydrogen-bond acceptors (Lipinski definition) is 3. The molecule has 4 nitrogen and oxygen atoms in total. The summed E-state index contributed by atoms with van der Waals surface area (Å²) in [6, 6.07) is 28.9. The topological polar surface area (TPSA) is 54.5 Å². The summed E-state index contributed by atoms with van der Waals surface area (Å²) in [5, 5.41) is 0. The van der Waals surface area contributed by atoms with Gasteiger partial charge in [-0.3, -0.25) is 4.79 Å². The van der Waals surface area contributed by atoms with Gasteiger partial charge in [0.05, 0.1) is 17.4 Å². The van der Waals surface area contributed by atoms with Crippen molar-refractivity contribution in [3.8, 4) is 0 Å². The van der Waals surface area contributed by atoms with E-state index in [1.165, 1.54) is 0 Å². The zero-order valence-corrected chi connectivity index (χ0v) is 17.5. The Morgan fingerprint density at radius 3 is 1.80 bits per heavy atom. The number of nitrogens with zero attached hydrogens (tertiary/aromatic N) is 1. The normalized spacial score (nSPS) is 17.7. The molecule has 1 aliphatic heterocycles. The Bertz CT molecular complexity index is 1040. The van der Waals surface area contributed by atoms with Crippen LogP contribution in [0.15, 0.2) is 91.0 Å². The van der Waals surface area contributed by atoms with Crippen molar-refractivity contribution in [2.75, 3.05) is 11.5 Å². The van der Waals surface area contributed by atoms with Crippen molar-refractivity contribution in [1.29, 1.82) is 0 Å². The third-order valence-electron chi connectivity index (χ3n) is 5.64. The molecule has 1 unspecified atom stereocenters. The number of hydrogen-bond donors (Lipinski definition) is 0. The summed E-state index contributed by atoms with van der Waals surface area (Å²) in [6.07, 6.45) is 0.483. The Kier molecular flexibility index (Phi) is 6.00. The Balaban J connectivity index is 1.74. The van der Waals surface area contributed by atoms with E-state index in [4.69, 9.17) is 0 Å². The molecule has 0 aromatic heterocycles. The first-order valence-electron chi connectivity index (χ1n) is 10.2. The lowest BCUT2D eigenvalue weighted by Gasteiger charge is -2.32. The molecule has 0 bridgehead atoms. The van der Waals surface area contributed by atoms with E-state index < -0.39 is 15.8 Å². The summed E-state index contributed by atoms with van der Waals surface area (Å²) in [5.74, 6) is -0.364. The maximum Gasteiger partial charge on any atom is 0.235 e. The summed E-state index contributed by atoms with van der Waals surface area (Å²) in [6.45, 7) is 0.399. The van der Waals surface area contributed by atoms with E-state index in [0.717, 1.165) is 16.7 Å². The Labute approximate surface area is 178 Å². The second kappa shape index (κ2) is 8.84. The number of amides is 1. The first-order valence-corrected chi connectivity index (χ1v) is 12.0. The Morgan fingerprint density at radius 2 is 1.33 bits per heavy atom. The summed E-state index contributed by atoms with van der Waals surface area (Å²) < 4.78 is 24.4. The van der Waals surface area contributed by atoms with Gasteiger partial charge in [0.1, 0.15) is 0 Å². The maximum atomic E-state index is 14.0. The van der Waals surface area contributed by atoms with Gasteiger partial charge in [0, 0.05) is 12.6 Å². The average Bonchev–Trinajstić information content (AvgIpc) is 3.14. The van der Waals surface area contributed by atoms with Crippen LogP contribution in [0.2, 0.25) is 0 Å². The van der Waals surface area contributed by atoms with Gasteiger partial charge in [-0.15, -0.1) is 0 Å². The molecule has 3 aromatic rings. The first kappa shape index (κ1) is 20.4. The molecule has 0 N–H and O–H groups in total. The van der Waals surface area contributed by atoms with E-state index in [-0.39, 0.29) is 23.5 Å². The monoisotopic (exact) mass is 419 g/mol. The number of carbonyl (C=O) groups excluding carboxylic acids is 1. The van der Waals surface area contributed by atoms with E-state index in [0.29, 0.717) is 13.0 Å². The minimum Gasteiger partial charge on any atom is -0.334 e. The lowest BCUT2D eigenvalue weighted by molar-refractivity contribution is -0.134. The second-order valence-electron chi connectivity index (χ2n) is 7.76. The zero-order valence-electron chi connectivity index (χ0n) is 16.7. The fourth-order valence-corrected chi connectivity index (χ4v) is 5.85. The lowest BCUT2D eigenvalue weighted by Crippen LogP contribution is -2.43. The predicted molar refractivity (Wildman–Crippen MR) is 119 cm³/mol. The molecule has 1 heterocycles. The van der Waals surface area contributed by atoms with Crippen LogP contribution in [-0.2, 0) is 21.2 Å². The van der Waals surface area contributed by atoms with Crippen molar-refractivity contribution in [3.05, 3.63) is 108 Å². The van der Waals surface area contributed by atoms with Crippen LogP contribution in [0.25, 0.3) is 0 Å². The molecule has 1 aliphatic rings. The number of carbonyl (C=O) groups is 1. The summed E-state index contributed by atoms with van der Waals surface area (Å²) in [4.78, 5) is 15.8. The molecule has 0 radical (unpaired) electrons. The molecular weight excluding hydrogens is 394 g/mol. The minimum absolute atomic E-state index is 0.0296. The third kappa shape index (κ3) is 4.62.